The van der Waals surface area contributed by atoms with Crippen molar-refractivity contribution < 1.29 is 0 Å². The highest BCUT2D eigenvalue weighted by Crippen LogP contribution is 2.26. The van der Waals surface area contributed by atoms with Crippen LogP contribution in [0.2, 0.25) is 0 Å². The molecule has 1 aromatic carbocycles. The molecular weight excluding hydrogens is 222 g/mol. The van der Waals surface area contributed by atoms with Gasteiger partial charge in [0, 0.05) is 18.8 Å². The molecule has 0 saturated heterocycles. The van der Waals surface area contributed by atoms with Crippen LogP contribution in [0.4, 0.5) is 5.95 Å². The van der Waals surface area contributed by atoms with Gasteiger partial charge in [0.15, 0.2) is 0 Å². The molecule has 0 radical (unpaired) electrons. The molecule has 0 amide bonds. The third kappa shape index (κ3) is 2.08. The van der Waals surface area contributed by atoms with Crippen molar-refractivity contribution in [3.05, 3.63) is 41.6 Å². The summed E-state index contributed by atoms with van der Waals surface area (Å²) >= 11 is 0. The van der Waals surface area contributed by atoms with Crippen molar-refractivity contribution in [1.82, 2.24) is 9.97 Å². The summed E-state index contributed by atoms with van der Waals surface area (Å²) in [5.41, 5.74) is 5.17. The molecule has 2 aromatic rings. The van der Waals surface area contributed by atoms with Crippen molar-refractivity contribution in [3.63, 3.8) is 0 Å². The minimum atomic E-state index is 0.672. The molecule has 3 nitrogen and oxygen atoms in total. The normalized spacial score (nSPS) is 14.1. The lowest BCUT2D eigenvalue weighted by atomic mass is 9.90. The second-order valence-electron chi connectivity index (χ2n) is 4.71. The molecule has 0 atom stereocenters. The number of anilines is 1. The molecule has 1 aliphatic rings. The maximum atomic E-state index is 4.49. The highest BCUT2D eigenvalue weighted by atomic mass is 15.1. The SMILES string of the molecule is CNc1nccc(-c2ccc3c(c2)CCCC3)n1. The first kappa shape index (κ1) is 11.2. The van der Waals surface area contributed by atoms with Gasteiger partial charge >= 0.3 is 0 Å². The highest BCUT2D eigenvalue weighted by Gasteiger charge is 2.10. The van der Waals surface area contributed by atoms with E-state index in [9.17, 15) is 0 Å². The Morgan fingerprint density at radius 1 is 1.06 bits per heavy atom. The number of aryl methyl sites for hydroxylation is 2. The van der Waals surface area contributed by atoms with Crippen molar-refractivity contribution in [2.75, 3.05) is 12.4 Å². The third-order valence-corrected chi connectivity index (χ3v) is 3.52. The van der Waals surface area contributed by atoms with Gasteiger partial charge in [-0.3, -0.25) is 0 Å². The van der Waals surface area contributed by atoms with Gasteiger partial charge in [-0.1, -0.05) is 12.1 Å². The van der Waals surface area contributed by atoms with E-state index in [1.54, 1.807) is 6.20 Å². The molecule has 0 spiro atoms. The lowest BCUT2D eigenvalue weighted by molar-refractivity contribution is 0.686. The number of benzene rings is 1. The van der Waals surface area contributed by atoms with Crippen LogP contribution in [0.15, 0.2) is 30.5 Å². The Kier molecular flexibility index (Phi) is 2.97. The van der Waals surface area contributed by atoms with Crippen LogP contribution in [-0.2, 0) is 12.8 Å². The molecule has 0 aliphatic heterocycles. The summed E-state index contributed by atoms with van der Waals surface area (Å²) in [6.07, 6.45) is 6.85. The minimum Gasteiger partial charge on any atom is -0.357 e. The van der Waals surface area contributed by atoms with Gasteiger partial charge in [0.1, 0.15) is 0 Å². The molecule has 0 unspecified atom stereocenters. The van der Waals surface area contributed by atoms with Gasteiger partial charge in [0.25, 0.3) is 0 Å². The van der Waals surface area contributed by atoms with Crippen molar-refractivity contribution in [3.8, 4) is 11.3 Å². The molecule has 0 bridgehead atoms. The summed E-state index contributed by atoms with van der Waals surface area (Å²) in [6, 6.07) is 8.68. The molecule has 3 rings (SSSR count). The Bertz CT molecular complexity index is 563. The van der Waals surface area contributed by atoms with Gasteiger partial charge in [0.2, 0.25) is 5.95 Å². The average molecular weight is 239 g/mol. The standard InChI is InChI=1S/C15H17N3/c1-16-15-17-9-8-14(18-15)13-7-6-11-4-2-3-5-12(11)10-13/h6-10H,2-5H2,1H3,(H,16,17,18). The number of hydrogen-bond donors (Lipinski definition) is 1. The third-order valence-electron chi connectivity index (χ3n) is 3.52. The molecule has 0 fully saturated rings. The molecule has 0 saturated carbocycles. The summed E-state index contributed by atoms with van der Waals surface area (Å²) < 4.78 is 0. The molecule has 1 N–H and O–H groups in total. The van der Waals surface area contributed by atoms with Gasteiger partial charge < -0.3 is 5.32 Å². The Labute approximate surface area is 107 Å². The predicted molar refractivity (Wildman–Crippen MR) is 73.7 cm³/mol. The Morgan fingerprint density at radius 3 is 2.72 bits per heavy atom. The highest BCUT2D eigenvalue weighted by molar-refractivity contribution is 5.62. The first-order valence-electron chi connectivity index (χ1n) is 6.50. The van der Waals surface area contributed by atoms with Crippen LogP contribution < -0.4 is 5.32 Å². The average Bonchev–Trinajstić information content (AvgIpc) is 2.47. The van der Waals surface area contributed by atoms with Gasteiger partial charge in [-0.15, -0.1) is 0 Å². The second-order valence-corrected chi connectivity index (χ2v) is 4.71. The molecule has 92 valence electrons. The smallest absolute Gasteiger partial charge is 0.222 e. The monoisotopic (exact) mass is 239 g/mol. The van der Waals surface area contributed by atoms with Gasteiger partial charge in [0.05, 0.1) is 5.69 Å². The van der Waals surface area contributed by atoms with Crippen LogP contribution in [0.25, 0.3) is 11.3 Å². The van der Waals surface area contributed by atoms with E-state index in [4.69, 9.17) is 0 Å². The van der Waals surface area contributed by atoms with E-state index in [0.29, 0.717) is 5.95 Å². The number of nitrogens with one attached hydrogen (secondary N) is 1. The van der Waals surface area contributed by atoms with E-state index in [0.717, 1.165) is 5.69 Å². The quantitative estimate of drug-likeness (QED) is 0.875. The molecule has 18 heavy (non-hydrogen) atoms. The Balaban J connectivity index is 2.00. The lowest BCUT2D eigenvalue weighted by Gasteiger charge is -2.16. The summed E-state index contributed by atoms with van der Waals surface area (Å²) in [6.45, 7) is 0. The van der Waals surface area contributed by atoms with Gasteiger partial charge in [-0.25, -0.2) is 9.97 Å². The first-order valence-corrected chi connectivity index (χ1v) is 6.50. The van der Waals surface area contributed by atoms with E-state index in [1.165, 1.54) is 42.4 Å². The van der Waals surface area contributed by atoms with Crippen LogP contribution in [-0.4, -0.2) is 17.0 Å². The van der Waals surface area contributed by atoms with Crippen molar-refractivity contribution in [2.24, 2.45) is 0 Å². The minimum absolute atomic E-state index is 0.672. The van der Waals surface area contributed by atoms with E-state index in [2.05, 4.69) is 33.5 Å². The zero-order chi connectivity index (χ0) is 12.4. The van der Waals surface area contributed by atoms with E-state index < -0.39 is 0 Å². The molecule has 1 heterocycles. The molecular formula is C15H17N3. The summed E-state index contributed by atoms with van der Waals surface area (Å²) in [7, 11) is 1.84. The van der Waals surface area contributed by atoms with Crippen LogP contribution in [0, 0.1) is 0 Å². The zero-order valence-corrected chi connectivity index (χ0v) is 10.6. The first-order chi connectivity index (χ1) is 8.86. The fourth-order valence-electron chi connectivity index (χ4n) is 2.53. The van der Waals surface area contributed by atoms with Crippen LogP contribution in [0.5, 0.6) is 0 Å². The topological polar surface area (TPSA) is 37.8 Å². The zero-order valence-electron chi connectivity index (χ0n) is 10.6. The van der Waals surface area contributed by atoms with Crippen LogP contribution in [0.3, 0.4) is 0 Å². The number of nitrogens with zero attached hydrogens (tertiary/aromatic N) is 2. The van der Waals surface area contributed by atoms with Crippen molar-refractivity contribution in [2.45, 2.75) is 25.7 Å². The Hall–Kier alpha value is -1.90. The maximum Gasteiger partial charge on any atom is 0.222 e. The fourth-order valence-corrected chi connectivity index (χ4v) is 2.53. The number of hydrogen-bond acceptors (Lipinski definition) is 3. The van der Waals surface area contributed by atoms with E-state index >= 15 is 0 Å². The van der Waals surface area contributed by atoms with Crippen LogP contribution in [0.1, 0.15) is 24.0 Å². The van der Waals surface area contributed by atoms with E-state index in [-0.39, 0.29) is 0 Å². The second kappa shape index (κ2) is 4.77. The molecule has 1 aliphatic carbocycles. The summed E-state index contributed by atoms with van der Waals surface area (Å²) in [5.74, 6) is 0.672. The van der Waals surface area contributed by atoms with Crippen LogP contribution >= 0.6 is 0 Å². The predicted octanol–water partition coefficient (Wildman–Crippen LogP) is 3.06. The summed E-state index contributed by atoms with van der Waals surface area (Å²) in [5, 5.41) is 2.98. The van der Waals surface area contributed by atoms with E-state index in [1.807, 2.05) is 13.1 Å². The maximum absolute atomic E-state index is 4.49. The number of rotatable bonds is 2. The van der Waals surface area contributed by atoms with Gasteiger partial charge in [-0.2, -0.15) is 0 Å². The van der Waals surface area contributed by atoms with Crippen molar-refractivity contribution in [1.29, 1.82) is 0 Å². The Morgan fingerprint density at radius 2 is 1.89 bits per heavy atom. The van der Waals surface area contributed by atoms with Crippen molar-refractivity contribution >= 4 is 5.95 Å². The number of fused-ring (bicyclic) bond motifs is 1. The number of aromatic nitrogens is 2. The van der Waals surface area contributed by atoms with Gasteiger partial charge in [-0.05, 0) is 48.9 Å². The fraction of sp³-hybridized carbons (Fsp3) is 0.333. The molecule has 3 heteroatoms. The lowest BCUT2D eigenvalue weighted by Crippen LogP contribution is -2.03. The largest absolute Gasteiger partial charge is 0.357 e. The molecule has 1 aromatic heterocycles. The summed E-state index contributed by atoms with van der Waals surface area (Å²) in [4.78, 5) is 8.64.